The van der Waals surface area contributed by atoms with Crippen molar-refractivity contribution in [2.45, 2.75) is 20.3 Å². The summed E-state index contributed by atoms with van der Waals surface area (Å²) in [6, 6.07) is 6.10. The van der Waals surface area contributed by atoms with Crippen LogP contribution in [0.2, 0.25) is 0 Å². The van der Waals surface area contributed by atoms with Crippen LogP contribution < -0.4 is 0 Å². The topological polar surface area (TPSA) is 58.0 Å². The van der Waals surface area contributed by atoms with E-state index in [0.717, 1.165) is 0 Å². The molecule has 23 heavy (non-hydrogen) atoms. The lowest BCUT2D eigenvalue weighted by molar-refractivity contribution is -0.117. The molecule has 0 aliphatic rings. The zero-order chi connectivity index (χ0) is 17.4. The summed E-state index contributed by atoms with van der Waals surface area (Å²) in [7, 11) is 0. The Labute approximate surface area is 140 Å². The molecule has 0 fully saturated rings. The standard InChI is InChI=1S/C18H18FNO2S/c1-3-15(18(23)16(20)11-21)17(22)12(2)6-4-7-13-8-5-9-14(19)10-13/h4-11,15,20H,3H2,1-2H3/b7-4+,12-6+,20-16?. The predicted octanol–water partition coefficient (Wildman–Crippen LogP) is 3.97. The molecule has 0 aliphatic heterocycles. The summed E-state index contributed by atoms with van der Waals surface area (Å²) >= 11 is 5.03. The Hall–Kier alpha value is -2.27. The minimum atomic E-state index is -0.651. The quantitative estimate of drug-likeness (QED) is 0.258. The summed E-state index contributed by atoms with van der Waals surface area (Å²) in [5.41, 5.74) is 0.820. The number of carbonyl (C=O) groups is 2. The van der Waals surface area contributed by atoms with E-state index in [1.54, 1.807) is 44.2 Å². The lowest BCUT2D eigenvalue weighted by Gasteiger charge is -2.13. The van der Waals surface area contributed by atoms with Gasteiger partial charge in [-0.1, -0.05) is 49.5 Å². The molecule has 1 aromatic carbocycles. The van der Waals surface area contributed by atoms with Gasteiger partial charge in [-0.15, -0.1) is 0 Å². The maximum absolute atomic E-state index is 13.1. The highest BCUT2D eigenvalue weighted by atomic mass is 32.1. The van der Waals surface area contributed by atoms with Gasteiger partial charge < -0.3 is 0 Å². The van der Waals surface area contributed by atoms with Crippen molar-refractivity contribution in [2.24, 2.45) is 5.92 Å². The second-order valence-electron chi connectivity index (χ2n) is 4.98. The second-order valence-corrected chi connectivity index (χ2v) is 5.42. The molecule has 0 saturated heterocycles. The first-order chi connectivity index (χ1) is 10.9. The van der Waals surface area contributed by atoms with E-state index in [-0.39, 0.29) is 22.2 Å². The Morgan fingerprint density at radius 1 is 1.43 bits per heavy atom. The van der Waals surface area contributed by atoms with Crippen LogP contribution in [0, 0.1) is 17.1 Å². The first kappa shape index (κ1) is 18.8. The molecule has 1 atom stereocenters. The van der Waals surface area contributed by atoms with E-state index in [0.29, 0.717) is 23.8 Å². The van der Waals surface area contributed by atoms with Crippen LogP contribution in [-0.4, -0.2) is 22.6 Å². The fourth-order valence-corrected chi connectivity index (χ4v) is 2.33. The highest BCUT2D eigenvalue weighted by molar-refractivity contribution is 7.82. The Balaban J connectivity index is 2.87. The van der Waals surface area contributed by atoms with E-state index >= 15 is 0 Å². The molecule has 3 nitrogen and oxygen atoms in total. The van der Waals surface area contributed by atoms with Crippen LogP contribution in [0.25, 0.3) is 6.08 Å². The van der Waals surface area contributed by atoms with E-state index in [1.807, 2.05) is 0 Å². The monoisotopic (exact) mass is 331 g/mol. The zero-order valence-corrected chi connectivity index (χ0v) is 13.8. The molecule has 0 aromatic heterocycles. The lowest BCUT2D eigenvalue weighted by atomic mass is 9.90. The average Bonchev–Trinajstić information content (AvgIpc) is 2.54. The second kappa shape index (κ2) is 9.00. The molecule has 0 aliphatic carbocycles. The molecule has 0 saturated carbocycles. The number of hydrogen-bond donors (Lipinski definition) is 1. The lowest BCUT2D eigenvalue weighted by Crippen LogP contribution is -2.29. The summed E-state index contributed by atoms with van der Waals surface area (Å²) < 4.78 is 13.1. The van der Waals surface area contributed by atoms with Crippen molar-refractivity contribution in [1.82, 2.24) is 0 Å². The Bertz CT molecular complexity index is 692. The molecule has 1 unspecified atom stereocenters. The number of benzene rings is 1. The third-order valence-electron chi connectivity index (χ3n) is 3.30. The fourth-order valence-electron chi connectivity index (χ4n) is 2.01. The van der Waals surface area contributed by atoms with Gasteiger partial charge in [-0.05, 0) is 36.6 Å². The fraction of sp³-hybridized carbons (Fsp3) is 0.222. The molecule has 0 radical (unpaired) electrons. The molecule has 0 bridgehead atoms. The van der Waals surface area contributed by atoms with Gasteiger partial charge in [-0.25, -0.2) is 4.39 Å². The van der Waals surface area contributed by atoms with Gasteiger partial charge in [0.25, 0.3) is 0 Å². The number of thiocarbonyl (C=S) groups is 1. The summed E-state index contributed by atoms with van der Waals surface area (Å²) in [4.78, 5) is 23.1. The third kappa shape index (κ3) is 5.45. The van der Waals surface area contributed by atoms with Gasteiger partial charge in [0.05, 0.1) is 10.8 Å². The first-order valence-electron chi connectivity index (χ1n) is 7.13. The first-order valence-corrected chi connectivity index (χ1v) is 7.54. The van der Waals surface area contributed by atoms with E-state index in [4.69, 9.17) is 17.6 Å². The summed E-state index contributed by atoms with van der Waals surface area (Å²) in [6.07, 6.45) is 5.73. The Morgan fingerprint density at radius 3 is 2.70 bits per heavy atom. The average molecular weight is 331 g/mol. The van der Waals surface area contributed by atoms with Crippen molar-refractivity contribution in [3.05, 3.63) is 53.4 Å². The van der Waals surface area contributed by atoms with Crippen LogP contribution >= 0.6 is 12.2 Å². The van der Waals surface area contributed by atoms with Gasteiger partial charge in [0.2, 0.25) is 0 Å². The Kier molecular flexibility index (Phi) is 7.35. The highest BCUT2D eigenvalue weighted by Gasteiger charge is 2.24. The number of carbonyl (C=O) groups excluding carboxylic acids is 2. The zero-order valence-electron chi connectivity index (χ0n) is 13.0. The molecular formula is C18H18FNO2S. The van der Waals surface area contributed by atoms with Crippen molar-refractivity contribution in [3.63, 3.8) is 0 Å². The number of Topliss-reactive ketones (excluding diaryl/α,β-unsaturated/α-hetero) is 1. The third-order valence-corrected chi connectivity index (χ3v) is 3.80. The molecular weight excluding hydrogens is 313 g/mol. The number of allylic oxidation sites excluding steroid dienone is 3. The number of aldehydes is 1. The maximum Gasteiger partial charge on any atom is 0.168 e. The highest BCUT2D eigenvalue weighted by Crippen LogP contribution is 2.14. The largest absolute Gasteiger partial charge is 0.296 e. The van der Waals surface area contributed by atoms with Gasteiger partial charge in [0, 0.05) is 0 Å². The van der Waals surface area contributed by atoms with Gasteiger partial charge in [-0.2, -0.15) is 0 Å². The number of ketones is 1. The minimum absolute atomic E-state index is 0.0642. The number of hydrogen-bond acceptors (Lipinski definition) is 4. The van der Waals surface area contributed by atoms with Crippen molar-refractivity contribution in [2.75, 3.05) is 0 Å². The van der Waals surface area contributed by atoms with Crippen LogP contribution in [0.15, 0.2) is 42.0 Å². The van der Waals surface area contributed by atoms with Crippen molar-refractivity contribution >= 4 is 40.9 Å². The SMILES string of the molecule is CCC(C(=O)/C(C)=C/C=C/c1cccc(F)c1)C(=S)C(=N)C=O. The van der Waals surface area contributed by atoms with E-state index < -0.39 is 5.92 Å². The van der Waals surface area contributed by atoms with Crippen molar-refractivity contribution in [1.29, 1.82) is 5.41 Å². The van der Waals surface area contributed by atoms with Crippen LogP contribution in [0.4, 0.5) is 4.39 Å². The van der Waals surface area contributed by atoms with E-state index in [2.05, 4.69) is 0 Å². The van der Waals surface area contributed by atoms with Crippen LogP contribution in [0.1, 0.15) is 25.8 Å². The number of halogens is 1. The molecule has 0 heterocycles. The summed E-state index contributed by atoms with van der Waals surface area (Å²) in [6.45, 7) is 3.43. The van der Waals surface area contributed by atoms with Crippen molar-refractivity contribution < 1.29 is 14.0 Å². The number of rotatable bonds is 8. The molecule has 120 valence electrons. The normalized spacial score (nSPS) is 12.9. The van der Waals surface area contributed by atoms with Crippen LogP contribution in [0.5, 0.6) is 0 Å². The Morgan fingerprint density at radius 2 is 2.13 bits per heavy atom. The predicted molar refractivity (Wildman–Crippen MR) is 94.4 cm³/mol. The number of nitrogens with one attached hydrogen (secondary N) is 1. The van der Waals surface area contributed by atoms with E-state index in [1.165, 1.54) is 12.1 Å². The van der Waals surface area contributed by atoms with Crippen LogP contribution in [0.3, 0.4) is 0 Å². The molecule has 1 aromatic rings. The molecule has 5 heteroatoms. The van der Waals surface area contributed by atoms with Gasteiger partial charge in [-0.3, -0.25) is 15.0 Å². The van der Waals surface area contributed by atoms with Crippen molar-refractivity contribution in [3.8, 4) is 0 Å². The molecule has 0 spiro atoms. The smallest absolute Gasteiger partial charge is 0.168 e. The summed E-state index contributed by atoms with van der Waals surface area (Å²) in [5.74, 6) is -1.19. The van der Waals surface area contributed by atoms with E-state index in [9.17, 15) is 14.0 Å². The maximum atomic E-state index is 13.1. The molecule has 1 rings (SSSR count). The van der Waals surface area contributed by atoms with Gasteiger partial charge >= 0.3 is 0 Å². The molecule has 0 amide bonds. The van der Waals surface area contributed by atoms with Crippen LogP contribution in [-0.2, 0) is 9.59 Å². The molecule has 1 N–H and O–H groups in total. The minimum Gasteiger partial charge on any atom is -0.296 e. The summed E-state index contributed by atoms with van der Waals surface area (Å²) in [5, 5.41) is 7.45. The van der Waals surface area contributed by atoms with Gasteiger partial charge in [0.15, 0.2) is 12.1 Å². The van der Waals surface area contributed by atoms with Gasteiger partial charge in [0.1, 0.15) is 11.5 Å².